The fourth-order valence-corrected chi connectivity index (χ4v) is 14.2. The highest BCUT2D eigenvalue weighted by Gasteiger charge is 2.30. The van der Waals surface area contributed by atoms with Gasteiger partial charge in [0.15, 0.2) is 12.2 Å². The lowest BCUT2D eigenvalue weighted by Gasteiger charge is -2.21. The van der Waals surface area contributed by atoms with E-state index in [4.69, 9.17) is 37.0 Å². The van der Waals surface area contributed by atoms with Crippen LogP contribution in [0.1, 0.15) is 439 Å². The zero-order valence-electron chi connectivity index (χ0n) is 65.2. The third-order valence-electron chi connectivity index (χ3n) is 19.1. The van der Waals surface area contributed by atoms with Crippen LogP contribution >= 0.6 is 15.6 Å². The Balaban J connectivity index is 5.23. The molecule has 0 amide bonds. The third-order valence-corrected chi connectivity index (χ3v) is 21.0. The van der Waals surface area contributed by atoms with Crippen LogP contribution in [0.15, 0.2) is 0 Å². The molecule has 0 spiro atoms. The van der Waals surface area contributed by atoms with Gasteiger partial charge in [-0.3, -0.25) is 37.3 Å². The summed E-state index contributed by atoms with van der Waals surface area (Å²) in [5.41, 5.74) is 0. The molecular weight excluding hydrogens is 1310 g/mol. The largest absolute Gasteiger partial charge is 0.472 e. The predicted molar refractivity (Wildman–Crippen MR) is 409 cm³/mol. The first-order valence-corrected chi connectivity index (χ1v) is 45.3. The van der Waals surface area contributed by atoms with E-state index in [1.54, 1.807) is 0 Å². The van der Waals surface area contributed by atoms with Gasteiger partial charge >= 0.3 is 39.5 Å². The van der Waals surface area contributed by atoms with Crippen LogP contribution in [0, 0.1) is 0 Å². The van der Waals surface area contributed by atoms with E-state index >= 15 is 0 Å². The number of aliphatic hydroxyl groups is 1. The molecule has 594 valence electrons. The van der Waals surface area contributed by atoms with Crippen LogP contribution < -0.4 is 0 Å². The second-order valence-electron chi connectivity index (χ2n) is 29.2. The Hall–Kier alpha value is -1.94. The molecule has 19 heteroatoms. The van der Waals surface area contributed by atoms with E-state index in [0.717, 1.165) is 89.9 Å². The van der Waals surface area contributed by atoms with Gasteiger partial charge < -0.3 is 33.8 Å². The average molecular weight is 1470 g/mol. The van der Waals surface area contributed by atoms with Gasteiger partial charge in [-0.25, -0.2) is 9.13 Å². The maximum atomic E-state index is 13.1. The molecule has 0 radical (unpaired) electrons. The lowest BCUT2D eigenvalue weighted by atomic mass is 10.0. The molecule has 2 unspecified atom stereocenters. The van der Waals surface area contributed by atoms with Gasteiger partial charge in [0.25, 0.3) is 0 Å². The molecule has 0 fully saturated rings. The molecule has 100 heavy (non-hydrogen) atoms. The summed E-state index contributed by atoms with van der Waals surface area (Å²) in [7, 11) is -9.92. The lowest BCUT2D eigenvalue weighted by Crippen LogP contribution is -2.30. The van der Waals surface area contributed by atoms with Crippen LogP contribution in [0.3, 0.4) is 0 Å². The van der Waals surface area contributed by atoms with Crippen molar-refractivity contribution in [2.45, 2.75) is 457 Å². The number of esters is 4. The molecule has 0 aromatic heterocycles. The minimum absolute atomic E-state index is 0.109. The number of unbranched alkanes of at least 4 members (excludes halogenated alkanes) is 56. The van der Waals surface area contributed by atoms with Gasteiger partial charge in [-0.2, -0.15) is 0 Å². The second kappa shape index (κ2) is 75.3. The first kappa shape index (κ1) is 98.1. The monoisotopic (exact) mass is 1470 g/mol. The number of carbonyl (C=O) groups excluding carboxylic acids is 4. The summed E-state index contributed by atoms with van der Waals surface area (Å²) in [5.74, 6) is -2.10. The minimum Gasteiger partial charge on any atom is -0.462 e. The van der Waals surface area contributed by atoms with Crippen LogP contribution in [-0.4, -0.2) is 96.7 Å². The van der Waals surface area contributed by atoms with Crippen molar-refractivity contribution >= 4 is 39.5 Å². The number of rotatable bonds is 82. The SMILES string of the molecule is CCCCCCCCCCCCCCCCCCCCC(=O)O[C@H](COC(=O)CCCCCCCCCCCCCCCCCC)COP(=O)(O)OC[C@@H](O)COP(=O)(O)OC[C@@H](COC(=O)CCCCCCCCCCCC)OC(=O)CCCCCCCCCCCCCCCCCC. The number of aliphatic hydroxyl groups excluding tert-OH is 1. The Kier molecular flexibility index (Phi) is 73.8. The standard InChI is InChI=1S/C81H158O17P2/c1-5-9-13-17-21-25-29-32-35-38-39-42-45-48-52-56-60-64-68-81(86)98-77(72-92-79(84)66-62-58-54-50-46-43-40-36-33-30-26-22-18-14-10-6-2)74-96-100(89,90)94-70-75(82)69-93-99(87,88)95-73-76(71-91-78(83)65-61-57-53-49-28-24-20-16-12-8-4)97-80(85)67-63-59-55-51-47-44-41-37-34-31-27-23-19-15-11-7-3/h75-77,82H,5-74H2,1-4H3,(H,87,88)(H,89,90)/t75-,76+,77+/m0/s1. The van der Waals surface area contributed by atoms with E-state index < -0.39 is 97.5 Å². The van der Waals surface area contributed by atoms with Gasteiger partial charge in [0.1, 0.15) is 19.3 Å². The Morgan fingerprint density at radius 1 is 0.240 bits per heavy atom. The van der Waals surface area contributed by atoms with Crippen LogP contribution in [0.4, 0.5) is 0 Å². The van der Waals surface area contributed by atoms with E-state index in [1.807, 2.05) is 0 Å². The van der Waals surface area contributed by atoms with E-state index in [2.05, 4.69) is 27.7 Å². The van der Waals surface area contributed by atoms with Crippen molar-refractivity contribution < 1.29 is 80.2 Å². The molecule has 0 saturated carbocycles. The smallest absolute Gasteiger partial charge is 0.462 e. The summed E-state index contributed by atoms with van der Waals surface area (Å²) in [4.78, 5) is 73.0. The van der Waals surface area contributed by atoms with Crippen molar-refractivity contribution in [2.75, 3.05) is 39.6 Å². The van der Waals surface area contributed by atoms with E-state index in [9.17, 15) is 43.2 Å². The first-order valence-electron chi connectivity index (χ1n) is 42.3. The normalized spacial score (nSPS) is 13.8. The molecular formula is C81H158O17P2. The Labute approximate surface area is 613 Å². The molecule has 0 aromatic rings. The van der Waals surface area contributed by atoms with Crippen LogP contribution in [-0.2, 0) is 65.4 Å². The minimum atomic E-state index is -4.96. The lowest BCUT2D eigenvalue weighted by molar-refractivity contribution is -0.161. The molecule has 0 saturated heterocycles. The van der Waals surface area contributed by atoms with Crippen molar-refractivity contribution in [2.24, 2.45) is 0 Å². The van der Waals surface area contributed by atoms with Crippen molar-refractivity contribution in [1.82, 2.24) is 0 Å². The fourth-order valence-electron chi connectivity index (χ4n) is 12.6. The van der Waals surface area contributed by atoms with Gasteiger partial charge in [-0.05, 0) is 25.7 Å². The van der Waals surface area contributed by atoms with Gasteiger partial charge in [0.05, 0.1) is 26.4 Å². The molecule has 0 aliphatic heterocycles. The molecule has 0 aliphatic carbocycles. The summed E-state index contributed by atoms with van der Waals surface area (Å²) >= 11 is 0. The first-order chi connectivity index (χ1) is 48.7. The molecule has 0 rings (SSSR count). The maximum absolute atomic E-state index is 13.1. The van der Waals surface area contributed by atoms with Crippen molar-refractivity contribution in [3.05, 3.63) is 0 Å². The number of phosphoric ester groups is 2. The average Bonchev–Trinajstić information content (AvgIpc) is 0.942. The van der Waals surface area contributed by atoms with E-state index in [0.29, 0.717) is 25.7 Å². The summed E-state index contributed by atoms with van der Waals surface area (Å²) in [5, 5.41) is 10.6. The molecule has 0 aromatic carbocycles. The zero-order chi connectivity index (χ0) is 73.2. The summed E-state index contributed by atoms with van der Waals surface area (Å²) < 4.78 is 68.7. The molecule has 0 bridgehead atoms. The number of hydrogen-bond acceptors (Lipinski definition) is 15. The molecule has 17 nitrogen and oxygen atoms in total. The Morgan fingerprint density at radius 3 is 0.590 bits per heavy atom. The zero-order valence-corrected chi connectivity index (χ0v) is 67.0. The van der Waals surface area contributed by atoms with Crippen molar-refractivity contribution in [1.29, 1.82) is 0 Å². The highest BCUT2D eigenvalue weighted by molar-refractivity contribution is 7.47. The number of carbonyl (C=O) groups is 4. The fraction of sp³-hybridized carbons (Fsp3) is 0.951. The Bertz CT molecular complexity index is 1890. The van der Waals surface area contributed by atoms with Crippen LogP contribution in [0.2, 0.25) is 0 Å². The van der Waals surface area contributed by atoms with Gasteiger partial charge in [-0.1, -0.05) is 387 Å². The number of phosphoric acid groups is 2. The highest BCUT2D eigenvalue weighted by atomic mass is 31.2. The summed E-state index contributed by atoms with van der Waals surface area (Å²) in [6.07, 6.45) is 67.9. The summed E-state index contributed by atoms with van der Waals surface area (Å²) in [6.45, 7) is 5.03. The summed E-state index contributed by atoms with van der Waals surface area (Å²) in [6, 6.07) is 0. The molecule has 0 aliphatic rings. The highest BCUT2D eigenvalue weighted by Crippen LogP contribution is 2.45. The van der Waals surface area contributed by atoms with Gasteiger partial charge in [0.2, 0.25) is 0 Å². The van der Waals surface area contributed by atoms with Gasteiger partial charge in [-0.15, -0.1) is 0 Å². The van der Waals surface area contributed by atoms with Crippen LogP contribution in [0.5, 0.6) is 0 Å². The topological polar surface area (TPSA) is 237 Å². The van der Waals surface area contributed by atoms with Crippen molar-refractivity contribution in [3.8, 4) is 0 Å². The number of ether oxygens (including phenoxy) is 4. The Morgan fingerprint density at radius 2 is 0.400 bits per heavy atom. The van der Waals surface area contributed by atoms with E-state index in [-0.39, 0.29) is 25.7 Å². The molecule has 5 atom stereocenters. The maximum Gasteiger partial charge on any atom is 0.472 e. The van der Waals surface area contributed by atoms with Gasteiger partial charge in [0, 0.05) is 25.7 Å². The van der Waals surface area contributed by atoms with Crippen molar-refractivity contribution in [3.63, 3.8) is 0 Å². The predicted octanol–water partition coefficient (Wildman–Crippen LogP) is 24.6. The third kappa shape index (κ3) is 74.3. The molecule has 0 heterocycles. The number of hydrogen-bond donors (Lipinski definition) is 3. The van der Waals surface area contributed by atoms with Crippen LogP contribution in [0.25, 0.3) is 0 Å². The van der Waals surface area contributed by atoms with E-state index in [1.165, 1.54) is 270 Å². The second-order valence-corrected chi connectivity index (χ2v) is 32.1. The molecule has 3 N–H and O–H groups in total. The quantitative estimate of drug-likeness (QED) is 0.0222.